The van der Waals surface area contributed by atoms with Gasteiger partial charge in [-0.3, -0.25) is 19.4 Å². The van der Waals surface area contributed by atoms with E-state index >= 15 is 0 Å². The van der Waals surface area contributed by atoms with Gasteiger partial charge in [0.15, 0.2) is 0 Å². The zero-order valence-electron chi connectivity index (χ0n) is 16.4. The normalized spacial score (nSPS) is 14.9. The topological polar surface area (TPSA) is 104 Å². The van der Waals surface area contributed by atoms with Gasteiger partial charge in [0.2, 0.25) is 5.91 Å². The van der Waals surface area contributed by atoms with Crippen LogP contribution in [0.25, 0.3) is 0 Å². The fourth-order valence-corrected chi connectivity index (χ4v) is 4.22. The van der Waals surface area contributed by atoms with E-state index < -0.39 is 10.0 Å². The summed E-state index contributed by atoms with van der Waals surface area (Å²) in [6, 6.07) is 9.85. The maximum Gasteiger partial charge on any atom is 0.262 e. The molecule has 0 saturated carbocycles. The molecule has 0 aliphatic carbocycles. The molecule has 0 spiro atoms. The van der Waals surface area contributed by atoms with Crippen LogP contribution in [-0.2, 0) is 21.4 Å². The molecule has 3 rings (SSSR count). The molecule has 8 nitrogen and oxygen atoms in total. The van der Waals surface area contributed by atoms with Crippen LogP contribution in [-0.4, -0.2) is 45.2 Å². The number of rotatable bonds is 7. The SMILES string of the molecule is CN(CC(=O)Nc1cccc(S(=O)(=O)NC2=NCCCCC2)c1)Cc1ccco1. The van der Waals surface area contributed by atoms with Crippen LogP contribution in [0.15, 0.2) is 57.0 Å². The highest BCUT2D eigenvalue weighted by Gasteiger charge is 2.18. The Bertz CT molecular complexity index is 955. The summed E-state index contributed by atoms with van der Waals surface area (Å²) in [5, 5.41) is 2.74. The predicted molar refractivity (Wildman–Crippen MR) is 111 cm³/mol. The number of benzene rings is 1. The summed E-state index contributed by atoms with van der Waals surface area (Å²) in [7, 11) is -1.94. The Morgan fingerprint density at radius 3 is 2.86 bits per heavy atom. The van der Waals surface area contributed by atoms with Crippen LogP contribution in [0.4, 0.5) is 5.69 Å². The second-order valence-electron chi connectivity index (χ2n) is 7.07. The third-order valence-electron chi connectivity index (χ3n) is 4.47. The monoisotopic (exact) mass is 418 g/mol. The van der Waals surface area contributed by atoms with Crippen LogP contribution in [0.3, 0.4) is 0 Å². The molecule has 0 saturated heterocycles. The van der Waals surface area contributed by atoms with E-state index in [2.05, 4.69) is 15.0 Å². The second-order valence-corrected chi connectivity index (χ2v) is 8.75. The molecule has 29 heavy (non-hydrogen) atoms. The van der Waals surface area contributed by atoms with Gasteiger partial charge in [0.25, 0.3) is 10.0 Å². The minimum Gasteiger partial charge on any atom is -0.468 e. The number of carbonyl (C=O) groups excluding carboxylic acids is 1. The summed E-state index contributed by atoms with van der Waals surface area (Å²) in [5.74, 6) is 1.02. The molecule has 9 heteroatoms. The number of nitrogens with one attached hydrogen (secondary N) is 2. The zero-order chi connectivity index (χ0) is 20.7. The first-order chi connectivity index (χ1) is 13.9. The number of anilines is 1. The van der Waals surface area contributed by atoms with Crippen molar-refractivity contribution in [1.82, 2.24) is 9.62 Å². The average Bonchev–Trinajstić information content (AvgIpc) is 3.04. The molecule has 1 aromatic carbocycles. The first kappa shape index (κ1) is 21.1. The molecule has 1 amide bonds. The summed E-state index contributed by atoms with van der Waals surface area (Å²) in [6.07, 6.45) is 5.15. The van der Waals surface area contributed by atoms with Gasteiger partial charge in [-0.05, 0) is 50.2 Å². The van der Waals surface area contributed by atoms with Gasteiger partial charge in [0.05, 0.1) is 24.2 Å². The zero-order valence-corrected chi connectivity index (χ0v) is 17.2. The molecule has 156 valence electrons. The van der Waals surface area contributed by atoms with Crippen molar-refractivity contribution in [2.24, 2.45) is 4.99 Å². The summed E-state index contributed by atoms with van der Waals surface area (Å²) in [6.45, 7) is 1.28. The lowest BCUT2D eigenvalue weighted by Crippen LogP contribution is -2.31. The Kier molecular flexibility index (Phi) is 7.05. The number of furan rings is 1. The van der Waals surface area contributed by atoms with E-state index in [0.717, 1.165) is 25.0 Å². The van der Waals surface area contributed by atoms with Crippen LogP contribution in [0.2, 0.25) is 0 Å². The van der Waals surface area contributed by atoms with Gasteiger partial charge in [-0.15, -0.1) is 0 Å². The maximum absolute atomic E-state index is 12.7. The molecular formula is C20H26N4O4S. The largest absolute Gasteiger partial charge is 0.468 e. The molecule has 2 N–H and O–H groups in total. The highest BCUT2D eigenvalue weighted by atomic mass is 32.2. The lowest BCUT2D eigenvalue weighted by molar-refractivity contribution is -0.117. The third-order valence-corrected chi connectivity index (χ3v) is 5.85. The summed E-state index contributed by atoms with van der Waals surface area (Å²) >= 11 is 0. The number of hydrogen-bond acceptors (Lipinski definition) is 6. The van der Waals surface area contributed by atoms with Gasteiger partial charge in [-0.25, -0.2) is 8.42 Å². The first-order valence-electron chi connectivity index (χ1n) is 9.59. The number of nitrogens with zero attached hydrogens (tertiary/aromatic N) is 2. The van der Waals surface area contributed by atoms with Crippen molar-refractivity contribution in [3.63, 3.8) is 0 Å². The van der Waals surface area contributed by atoms with Crippen molar-refractivity contribution < 1.29 is 17.6 Å². The molecule has 1 aliphatic rings. The van der Waals surface area contributed by atoms with Crippen LogP contribution in [0.1, 0.15) is 31.4 Å². The van der Waals surface area contributed by atoms with Crippen molar-refractivity contribution in [2.75, 3.05) is 25.5 Å². The van der Waals surface area contributed by atoms with Crippen molar-refractivity contribution >= 4 is 27.5 Å². The Labute approximate surface area is 171 Å². The molecular weight excluding hydrogens is 392 g/mol. The Morgan fingerprint density at radius 2 is 2.07 bits per heavy atom. The highest BCUT2D eigenvalue weighted by Crippen LogP contribution is 2.17. The predicted octanol–water partition coefficient (Wildman–Crippen LogP) is 2.60. The van der Waals surface area contributed by atoms with Crippen LogP contribution in [0.5, 0.6) is 0 Å². The van der Waals surface area contributed by atoms with Crippen molar-refractivity contribution in [2.45, 2.75) is 37.1 Å². The molecule has 0 unspecified atom stereocenters. The number of hydrogen-bond donors (Lipinski definition) is 2. The first-order valence-corrected chi connectivity index (χ1v) is 11.1. The molecule has 0 radical (unpaired) electrons. The van der Waals surface area contributed by atoms with Gasteiger partial charge >= 0.3 is 0 Å². The second kappa shape index (κ2) is 9.71. The molecule has 1 aliphatic heterocycles. The molecule has 2 heterocycles. The van der Waals surface area contributed by atoms with Crippen LogP contribution in [0, 0.1) is 0 Å². The minimum absolute atomic E-state index is 0.0891. The van der Waals surface area contributed by atoms with E-state index in [-0.39, 0.29) is 17.3 Å². The Balaban J connectivity index is 1.60. The molecule has 1 aromatic heterocycles. The third kappa shape index (κ3) is 6.43. The summed E-state index contributed by atoms with van der Waals surface area (Å²) in [4.78, 5) is 18.5. The van der Waals surface area contributed by atoms with E-state index in [1.165, 1.54) is 12.1 Å². The Hall–Kier alpha value is -2.65. The van der Waals surface area contributed by atoms with Gasteiger partial charge in [0, 0.05) is 18.7 Å². The minimum atomic E-state index is -3.75. The standard InChI is InChI=1S/C20H26N4O4S/c1-24(14-17-8-6-12-28-17)15-20(25)22-16-7-5-9-18(13-16)29(26,27)23-19-10-3-2-4-11-21-19/h5-9,12-13H,2-4,10-11,14-15H2,1H3,(H,21,23)(H,22,25). The Morgan fingerprint density at radius 1 is 1.21 bits per heavy atom. The number of likely N-dealkylation sites (N-methyl/N-ethyl adjacent to an activating group) is 1. The molecule has 0 bridgehead atoms. The van der Waals surface area contributed by atoms with Crippen LogP contribution < -0.4 is 10.0 Å². The quantitative estimate of drug-likeness (QED) is 0.719. The van der Waals surface area contributed by atoms with Crippen molar-refractivity contribution in [3.05, 3.63) is 48.4 Å². The van der Waals surface area contributed by atoms with Crippen molar-refractivity contribution in [3.8, 4) is 0 Å². The molecule has 0 fully saturated rings. The van der Waals surface area contributed by atoms with E-state index in [4.69, 9.17) is 4.42 Å². The van der Waals surface area contributed by atoms with E-state index in [1.54, 1.807) is 36.4 Å². The molecule has 2 aromatic rings. The highest BCUT2D eigenvalue weighted by molar-refractivity contribution is 7.90. The lowest BCUT2D eigenvalue weighted by Gasteiger charge is -2.15. The van der Waals surface area contributed by atoms with Crippen LogP contribution >= 0.6 is 0 Å². The van der Waals surface area contributed by atoms with Gasteiger partial charge in [0.1, 0.15) is 11.6 Å². The van der Waals surface area contributed by atoms with E-state index in [9.17, 15) is 13.2 Å². The van der Waals surface area contributed by atoms with E-state index in [0.29, 0.717) is 31.0 Å². The van der Waals surface area contributed by atoms with Gasteiger partial charge < -0.3 is 9.73 Å². The van der Waals surface area contributed by atoms with Gasteiger partial charge in [-0.1, -0.05) is 12.5 Å². The number of amides is 1. The number of sulfonamides is 1. The summed E-state index contributed by atoms with van der Waals surface area (Å²) < 4.78 is 33.2. The molecule has 0 atom stereocenters. The summed E-state index contributed by atoms with van der Waals surface area (Å²) in [5.41, 5.74) is 0.423. The van der Waals surface area contributed by atoms with Crippen molar-refractivity contribution in [1.29, 1.82) is 0 Å². The fourth-order valence-electron chi connectivity index (χ4n) is 3.08. The smallest absolute Gasteiger partial charge is 0.262 e. The number of aliphatic imine (C=N–C) groups is 1. The van der Waals surface area contributed by atoms with Gasteiger partial charge in [-0.2, -0.15) is 0 Å². The van der Waals surface area contributed by atoms with E-state index in [1.807, 2.05) is 6.07 Å². The maximum atomic E-state index is 12.7. The number of amidine groups is 1. The lowest BCUT2D eigenvalue weighted by atomic mass is 10.2. The fraction of sp³-hybridized carbons (Fsp3) is 0.400. The number of carbonyl (C=O) groups is 1. The average molecular weight is 419 g/mol.